The van der Waals surface area contributed by atoms with Crippen molar-refractivity contribution in [3.8, 4) is 6.07 Å². The SMILES string of the molecule is Cc1ccc(CNC(=O)CN(C)Cc2cccc(C#N)c2)cc1F. The number of halogens is 1. The van der Waals surface area contributed by atoms with Gasteiger partial charge in [0.1, 0.15) is 5.82 Å². The van der Waals surface area contributed by atoms with Gasteiger partial charge in [0.05, 0.1) is 18.2 Å². The standard InChI is InChI=1S/C19H20FN3O/c1-14-6-7-16(9-18(14)20)11-22-19(24)13-23(2)12-17-5-3-4-15(8-17)10-21/h3-9H,11-13H2,1-2H3,(H,22,24). The normalized spacial score (nSPS) is 10.5. The summed E-state index contributed by atoms with van der Waals surface area (Å²) in [5, 5.41) is 11.7. The fourth-order valence-electron chi connectivity index (χ4n) is 2.35. The predicted molar refractivity (Wildman–Crippen MR) is 90.5 cm³/mol. The topological polar surface area (TPSA) is 56.1 Å². The summed E-state index contributed by atoms with van der Waals surface area (Å²) in [5.41, 5.74) is 2.90. The first kappa shape index (κ1) is 17.6. The van der Waals surface area contributed by atoms with Gasteiger partial charge in [-0.25, -0.2) is 4.39 Å². The van der Waals surface area contributed by atoms with E-state index < -0.39 is 0 Å². The number of rotatable bonds is 6. The third-order valence-electron chi connectivity index (χ3n) is 3.65. The Bertz CT molecular complexity index is 767. The van der Waals surface area contributed by atoms with Crippen LogP contribution in [0.3, 0.4) is 0 Å². The van der Waals surface area contributed by atoms with Crippen molar-refractivity contribution in [2.24, 2.45) is 0 Å². The molecule has 0 aliphatic heterocycles. The van der Waals surface area contributed by atoms with E-state index in [-0.39, 0.29) is 18.3 Å². The molecule has 0 aliphatic carbocycles. The monoisotopic (exact) mass is 325 g/mol. The van der Waals surface area contributed by atoms with Crippen LogP contribution in [0, 0.1) is 24.1 Å². The number of hydrogen-bond acceptors (Lipinski definition) is 3. The van der Waals surface area contributed by atoms with E-state index in [1.54, 1.807) is 25.1 Å². The molecule has 5 heteroatoms. The zero-order chi connectivity index (χ0) is 17.5. The second kappa shape index (κ2) is 8.23. The molecule has 0 spiro atoms. The van der Waals surface area contributed by atoms with E-state index in [1.165, 1.54) is 6.07 Å². The molecule has 0 radical (unpaired) electrons. The van der Waals surface area contributed by atoms with Gasteiger partial charge in [0, 0.05) is 13.1 Å². The molecular weight excluding hydrogens is 305 g/mol. The lowest BCUT2D eigenvalue weighted by atomic mass is 10.1. The molecule has 0 atom stereocenters. The van der Waals surface area contributed by atoms with Gasteiger partial charge >= 0.3 is 0 Å². The van der Waals surface area contributed by atoms with E-state index in [4.69, 9.17) is 5.26 Å². The minimum absolute atomic E-state index is 0.130. The summed E-state index contributed by atoms with van der Waals surface area (Å²) in [6.45, 7) is 2.80. The van der Waals surface area contributed by atoms with E-state index in [2.05, 4.69) is 11.4 Å². The summed E-state index contributed by atoms with van der Waals surface area (Å²) in [7, 11) is 1.84. The van der Waals surface area contributed by atoms with Crippen LogP contribution in [-0.4, -0.2) is 24.4 Å². The zero-order valence-corrected chi connectivity index (χ0v) is 13.8. The van der Waals surface area contributed by atoms with Crippen LogP contribution in [0.25, 0.3) is 0 Å². The largest absolute Gasteiger partial charge is 0.351 e. The minimum Gasteiger partial charge on any atom is -0.351 e. The van der Waals surface area contributed by atoms with Crippen molar-refractivity contribution in [2.75, 3.05) is 13.6 Å². The van der Waals surface area contributed by atoms with Crippen LogP contribution >= 0.6 is 0 Å². The van der Waals surface area contributed by atoms with Gasteiger partial charge in [-0.1, -0.05) is 24.3 Å². The highest BCUT2D eigenvalue weighted by Gasteiger charge is 2.08. The molecule has 2 rings (SSSR count). The van der Waals surface area contributed by atoms with Crippen LogP contribution in [0.1, 0.15) is 22.3 Å². The number of benzene rings is 2. The Morgan fingerprint density at radius 1 is 1.25 bits per heavy atom. The molecule has 2 aromatic carbocycles. The molecular formula is C19H20FN3O. The van der Waals surface area contributed by atoms with Gasteiger partial charge in [-0.05, 0) is 48.9 Å². The molecule has 1 N–H and O–H groups in total. The number of nitrogens with zero attached hydrogens (tertiary/aromatic N) is 2. The van der Waals surface area contributed by atoms with Crippen molar-refractivity contribution in [3.05, 3.63) is 70.5 Å². The summed E-state index contributed by atoms with van der Waals surface area (Å²) >= 11 is 0. The van der Waals surface area contributed by atoms with E-state index in [1.807, 2.05) is 30.1 Å². The third-order valence-corrected chi connectivity index (χ3v) is 3.65. The van der Waals surface area contributed by atoms with E-state index in [0.29, 0.717) is 24.2 Å². The van der Waals surface area contributed by atoms with Gasteiger partial charge in [-0.15, -0.1) is 0 Å². The maximum atomic E-state index is 13.5. The van der Waals surface area contributed by atoms with Crippen molar-refractivity contribution in [1.29, 1.82) is 5.26 Å². The predicted octanol–water partition coefficient (Wildman–Crippen LogP) is 2.75. The molecule has 4 nitrogen and oxygen atoms in total. The van der Waals surface area contributed by atoms with E-state index in [0.717, 1.165) is 11.1 Å². The quantitative estimate of drug-likeness (QED) is 0.888. The van der Waals surface area contributed by atoms with Crippen molar-refractivity contribution >= 4 is 5.91 Å². The average Bonchev–Trinajstić information content (AvgIpc) is 2.56. The van der Waals surface area contributed by atoms with Crippen molar-refractivity contribution < 1.29 is 9.18 Å². The fourth-order valence-corrected chi connectivity index (χ4v) is 2.35. The van der Waals surface area contributed by atoms with Gasteiger partial charge in [-0.2, -0.15) is 5.26 Å². The second-order valence-corrected chi connectivity index (χ2v) is 5.84. The van der Waals surface area contributed by atoms with Crippen LogP contribution in [0.5, 0.6) is 0 Å². The molecule has 2 aromatic rings. The first-order chi connectivity index (χ1) is 11.5. The number of aryl methyl sites for hydroxylation is 1. The molecule has 0 fully saturated rings. The molecule has 1 amide bonds. The van der Waals surface area contributed by atoms with E-state index >= 15 is 0 Å². The molecule has 0 saturated heterocycles. The summed E-state index contributed by atoms with van der Waals surface area (Å²) in [5.74, 6) is -0.397. The van der Waals surface area contributed by atoms with E-state index in [9.17, 15) is 9.18 Å². The average molecular weight is 325 g/mol. The smallest absolute Gasteiger partial charge is 0.234 e. The van der Waals surface area contributed by atoms with Crippen LogP contribution in [0.4, 0.5) is 4.39 Å². The number of carbonyl (C=O) groups excluding carboxylic acids is 1. The number of nitriles is 1. The van der Waals surface area contributed by atoms with Gasteiger partial charge in [-0.3, -0.25) is 9.69 Å². The highest BCUT2D eigenvalue weighted by atomic mass is 19.1. The molecule has 0 bridgehead atoms. The number of amides is 1. The van der Waals surface area contributed by atoms with Crippen molar-refractivity contribution in [2.45, 2.75) is 20.0 Å². The lowest BCUT2D eigenvalue weighted by molar-refractivity contribution is -0.122. The lowest BCUT2D eigenvalue weighted by Gasteiger charge is -2.16. The Morgan fingerprint density at radius 2 is 2.04 bits per heavy atom. The highest BCUT2D eigenvalue weighted by molar-refractivity contribution is 5.77. The Labute approximate surface area is 141 Å². The Kier molecular flexibility index (Phi) is 6.05. The summed E-state index contributed by atoms with van der Waals surface area (Å²) < 4.78 is 13.5. The Hall–Kier alpha value is -2.71. The van der Waals surface area contributed by atoms with Gasteiger partial charge in [0.2, 0.25) is 5.91 Å². The molecule has 124 valence electrons. The van der Waals surface area contributed by atoms with Crippen LogP contribution in [0.2, 0.25) is 0 Å². The number of nitrogens with one attached hydrogen (secondary N) is 1. The Morgan fingerprint density at radius 3 is 2.75 bits per heavy atom. The van der Waals surface area contributed by atoms with Crippen LogP contribution < -0.4 is 5.32 Å². The van der Waals surface area contributed by atoms with Crippen LogP contribution in [0.15, 0.2) is 42.5 Å². The molecule has 0 aliphatic rings. The summed E-state index contributed by atoms with van der Waals surface area (Å²) in [4.78, 5) is 13.9. The maximum Gasteiger partial charge on any atom is 0.234 e. The molecule has 24 heavy (non-hydrogen) atoms. The number of likely N-dealkylation sites (N-methyl/N-ethyl adjacent to an activating group) is 1. The number of hydrogen-bond donors (Lipinski definition) is 1. The first-order valence-electron chi connectivity index (χ1n) is 7.67. The van der Waals surface area contributed by atoms with Gasteiger partial charge < -0.3 is 5.32 Å². The third kappa shape index (κ3) is 5.18. The molecule has 0 heterocycles. The Balaban J connectivity index is 1.82. The highest BCUT2D eigenvalue weighted by Crippen LogP contribution is 2.09. The molecule has 0 unspecified atom stereocenters. The van der Waals surface area contributed by atoms with Gasteiger partial charge in [0.15, 0.2) is 0 Å². The van der Waals surface area contributed by atoms with Crippen LogP contribution in [-0.2, 0) is 17.9 Å². The van der Waals surface area contributed by atoms with Crippen molar-refractivity contribution in [3.63, 3.8) is 0 Å². The fraction of sp³-hybridized carbons (Fsp3) is 0.263. The maximum absolute atomic E-state index is 13.5. The van der Waals surface area contributed by atoms with Gasteiger partial charge in [0.25, 0.3) is 0 Å². The summed E-state index contributed by atoms with van der Waals surface area (Å²) in [6, 6.07) is 14.3. The number of carbonyl (C=O) groups is 1. The first-order valence-corrected chi connectivity index (χ1v) is 7.67. The van der Waals surface area contributed by atoms with Crippen molar-refractivity contribution in [1.82, 2.24) is 10.2 Å². The lowest BCUT2D eigenvalue weighted by Crippen LogP contribution is -2.34. The zero-order valence-electron chi connectivity index (χ0n) is 13.8. The minimum atomic E-state index is -0.267. The summed E-state index contributed by atoms with van der Waals surface area (Å²) in [6.07, 6.45) is 0. The second-order valence-electron chi connectivity index (χ2n) is 5.84. The molecule has 0 saturated carbocycles. The molecule has 0 aromatic heterocycles.